The maximum Gasteiger partial charge on any atom is 0.233 e. The van der Waals surface area contributed by atoms with E-state index < -0.39 is 0 Å². The fourth-order valence-electron chi connectivity index (χ4n) is 1.75. The summed E-state index contributed by atoms with van der Waals surface area (Å²) >= 11 is 0. The second-order valence-electron chi connectivity index (χ2n) is 4.89. The fraction of sp³-hybridized carbons (Fsp3) is 0.375. The van der Waals surface area contributed by atoms with E-state index in [9.17, 15) is 0 Å². The molecule has 0 bridgehead atoms. The molecule has 0 saturated heterocycles. The lowest BCUT2D eigenvalue weighted by molar-refractivity contribution is 0.272. The van der Waals surface area contributed by atoms with Crippen LogP contribution >= 0.6 is 0 Å². The van der Waals surface area contributed by atoms with Gasteiger partial charge in [-0.05, 0) is 31.0 Å². The molecule has 0 aliphatic carbocycles. The summed E-state index contributed by atoms with van der Waals surface area (Å²) in [6, 6.07) is 11.6. The van der Waals surface area contributed by atoms with Crippen LogP contribution in [0.5, 0.6) is 11.6 Å². The summed E-state index contributed by atoms with van der Waals surface area (Å²) in [5, 5.41) is 8.25. The average molecular weight is 272 g/mol. The third kappa shape index (κ3) is 3.70. The fourth-order valence-corrected chi connectivity index (χ4v) is 1.75. The molecule has 0 atom stereocenters. The van der Waals surface area contributed by atoms with Gasteiger partial charge in [-0.3, -0.25) is 0 Å². The van der Waals surface area contributed by atoms with E-state index in [1.165, 1.54) is 0 Å². The van der Waals surface area contributed by atoms with E-state index in [2.05, 4.69) is 24.0 Å². The zero-order valence-electron chi connectivity index (χ0n) is 12.2. The third-order valence-electron chi connectivity index (χ3n) is 2.67. The zero-order chi connectivity index (χ0) is 14.4. The third-order valence-corrected chi connectivity index (χ3v) is 2.67. The molecule has 1 aromatic heterocycles. The molecule has 0 spiro atoms. The number of hydrogen-bond donors (Lipinski definition) is 0. The molecule has 0 aliphatic heterocycles. The Hall–Kier alpha value is -2.10. The van der Waals surface area contributed by atoms with E-state index in [-0.39, 0.29) is 0 Å². The van der Waals surface area contributed by atoms with Crippen molar-refractivity contribution >= 4 is 0 Å². The SMILES string of the molecule is CCOc1ccc(-c2ccccc2OCC(C)C)nn1. The van der Waals surface area contributed by atoms with Gasteiger partial charge in [0, 0.05) is 11.6 Å². The highest BCUT2D eigenvalue weighted by Gasteiger charge is 2.08. The molecule has 0 aliphatic rings. The van der Waals surface area contributed by atoms with Gasteiger partial charge < -0.3 is 9.47 Å². The molecule has 4 nitrogen and oxygen atoms in total. The highest BCUT2D eigenvalue weighted by atomic mass is 16.5. The molecule has 1 aromatic carbocycles. The Bertz CT molecular complexity index is 538. The van der Waals surface area contributed by atoms with Crippen LogP contribution in [0.4, 0.5) is 0 Å². The summed E-state index contributed by atoms with van der Waals surface area (Å²) in [4.78, 5) is 0. The molecule has 2 rings (SSSR count). The molecule has 0 N–H and O–H groups in total. The molecular weight excluding hydrogens is 252 g/mol. The molecule has 2 aromatic rings. The number of nitrogens with zero attached hydrogens (tertiary/aromatic N) is 2. The van der Waals surface area contributed by atoms with E-state index in [1.807, 2.05) is 43.3 Å². The standard InChI is InChI=1S/C16H20N2O2/c1-4-19-16-10-9-14(17-18-16)13-7-5-6-8-15(13)20-11-12(2)3/h5-10,12H,4,11H2,1-3H3. The van der Waals surface area contributed by atoms with Crippen LogP contribution in [-0.4, -0.2) is 23.4 Å². The number of para-hydroxylation sites is 1. The molecule has 1 heterocycles. The summed E-state index contributed by atoms with van der Waals surface area (Å²) in [5.41, 5.74) is 1.73. The van der Waals surface area contributed by atoms with Crippen molar-refractivity contribution in [3.05, 3.63) is 36.4 Å². The molecule has 4 heteroatoms. The van der Waals surface area contributed by atoms with Crippen LogP contribution in [0.15, 0.2) is 36.4 Å². The van der Waals surface area contributed by atoms with Gasteiger partial charge in [-0.1, -0.05) is 26.0 Å². The van der Waals surface area contributed by atoms with Gasteiger partial charge in [0.25, 0.3) is 0 Å². The number of aromatic nitrogens is 2. The zero-order valence-corrected chi connectivity index (χ0v) is 12.2. The molecule has 0 radical (unpaired) electrons. The van der Waals surface area contributed by atoms with E-state index >= 15 is 0 Å². The molecule has 0 unspecified atom stereocenters. The largest absolute Gasteiger partial charge is 0.493 e. The number of hydrogen-bond acceptors (Lipinski definition) is 4. The van der Waals surface area contributed by atoms with Gasteiger partial charge in [0.2, 0.25) is 5.88 Å². The van der Waals surface area contributed by atoms with Crippen LogP contribution in [0.25, 0.3) is 11.3 Å². The summed E-state index contributed by atoms with van der Waals surface area (Å²) in [7, 11) is 0. The number of ether oxygens (including phenoxy) is 2. The van der Waals surface area contributed by atoms with E-state index in [0.717, 1.165) is 17.0 Å². The molecule has 0 fully saturated rings. The summed E-state index contributed by atoms with van der Waals surface area (Å²) in [5.74, 6) is 1.85. The van der Waals surface area contributed by atoms with Crippen LogP contribution in [0, 0.1) is 5.92 Å². The van der Waals surface area contributed by atoms with Gasteiger partial charge in [0.15, 0.2) is 0 Å². The van der Waals surface area contributed by atoms with Crippen molar-refractivity contribution in [1.82, 2.24) is 10.2 Å². The van der Waals surface area contributed by atoms with Gasteiger partial charge in [0.1, 0.15) is 5.75 Å². The van der Waals surface area contributed by atoms with Crippen molar-refractivity contribution in [2.45, 2.75) is 20.8 Å². The van der Waals surface area contributed by atoms with Crippen molar-refractivity contribution in [1.29, 1.82) is 0 Å². The van der Waals surface area contributed by atoms with Crippen LogP contribution in [0.3, 0.4) is 0 Å². The molecule has 0 amide bonds. The minimum absolute atomic E-state index is 0.481. The van der Waals surface area contributed by atoms with Gasteiger partial charge in [-0.15, -0.1) is 10.2 Å². The Kier molecular flexibility index (Phi) is 4.93. The minimum atomic E-state index is 0.481. The topological polar surface area (TPSA) is 44.2 Å². The Morgan fingerprint density at radius 3 is 2.45 bits per heavy atom. The highest BCUT2D eigenvalue weighted by molar-refractivity contribution is 5.66. The normalized spacial score (nSPS) is 10.6. The van der Waals surface area contributed by atoms with Gasteiger partial charge in [0.05, 0.1) is 18.9 Å². The second-order valence-corrected chi connectivity index (χ2v) is 4.89. The van der Waals surface area contributed by atoms with Crippen molar-refractivity contribution in [2.24, 2.45) is 5.92 Å². The lowest BCUT2D eigenvalue weighted by Crippen LogP contribution is -2.05. The lowest BCUT2D eigenvalue weighted by Gasteiger charge is -2.12. The first-order valence-electron chi connectivity index (χ1n) is 6.89. The van der Waals surface area contributed by atoms with Gasteiger partial charge in [-0.2, -0.15) is 0 Å². The van der Waals surface area contributed by atoms with Crippen molar-refractivity contribution in [3.8, 4) is 22.9 Å². The number of benzene rings is 1. The first-order chi connectivity index (χ1) is 9.70. The Labute approximate surface area is 119 Å². The Balaban J connectivity index is 2.22. The average Bonchev–Trinajstić information content (AvgIpc) is 2.47. The Morgan fingerprint density at radius 1 is 1.00 bits per heavy atom. The van der Waals surface area contributed by atoms with Crippen LogP contribution < -0.4 is 9.47 Å². The maximum absolute atomic E-state index is 5.83. The van der Waals surface area contributed by atoms with Crippen molar-refractivity contribution in [2.75, 3.05) is 13.2 Å². The smallest absolute Gasteiger partial charge is 0.233 e. The van der Waals surface area contributed by atoms with E-state index in [1.54, 1.807) is 0 Å². The van der Waals surface area contributed by atoms with Gasteiger partial charge >= 0.3 is 0 Å². The quantitative estimate of drug-likeness (QED) is 0.806. The molecule has 0 saturated carbocycles. The summed E-state index contributed by atoms with van der Waals surface area (Å²) in [6.45, 7) is 7.44. The lowest BCUT2D eigenvalue weighted by atomic mass is 10.1. The minimum Gasteiger partial charge on any atom is -0.493 e. The number of rotatable bonds is 6. The first-order valence-corrected chi connectivity index (χ1v) is 6.89. The highest BCUT2D eigenvalue weighted by Crippen LogP contribution is 2.28. The maximum atomic E-state index is 5.83. The van der Waals surface area contributed by atoms with Gasteiger partial charge in [-0.25, -0.2) is 0 Å². The Morgan fingerprint density at radius 2 is 1.80 bits per heavy atom. The molecule has 20 heavy (non-hydrogen) atoms. The predicted octanol–water partition coefficient (Wildman–Crippen LogP) is 3.58. The monoisotopic (exact) mass is 272 g/mol. The van der Waals surface area contributed by atoms with E-state index in [4.69, 9.17) is 9.47 Å². The summed E-state index contributed by atoms with van der Waals surface area (Å²) < 4.78 is 11.1. The summed E-state index contributed by atoms with van der Waals surface area (Å²) in [6.07, 6.45) is 0. The molecule has 106 valence electrons. The van der Waals surface area contributed by atoms with Crippen LogP contribution in [0.2, 0.25) is 0 Å². The first kappa shape index (κ1) is 14.3. The van der Waals surface area contributed by atoms with Crippen LogP contribution in [-0.2, 0) is 0 Å². The second kappa shape index (κ2) is 6.89. The molecular formula is C16H20N2O2. The van der Waals surface area contributed by atoms with Crippen LogP contribution in [0.1, 0.15) is 20.8 Å². The van der Waals surface area contributed by atoms with E-state index in [0.29, 0.717) is 25.0 Å². The predicted molar refractivity (Wildman–Crippen MR) is 79.0 cm³/mol. The van der Waals surface area contributed by atoms with Crippen molar-refractivity contribution < 1.29 is 9.47 Å². The van der Waals surface area contributed by atoms with Crippen molar-refractivity contribution in [3.63, 3.8) is 0 Å².